The summed E-state index contributed by atoms with van der Waals surface area (Å²) in [5.74, 6) is 0.835. The van der Waals surface area contributed by atoms with Crippen LogP contribution < -0.4 is 15.4 Å². The van der Waals surface area contributed by atoms with Crippen LogP contribution in [0.3, 0.4) is 0 Å². The standard InChI is InChI=1S/C15H19FN4O/c1-3-9-17-15-18-10-13(16)14(20-15)19-11-5-7-12(8-6-11)21-4-2/h5-8,10H,3-4,9H2,1-2H3,(H2,17,18,19,20). The number of anilines is 3. The number of ether oxygens (including phenoxy) is 1. The van der Waals surface area contributed by atoms with Gasteiger partial charge < -0.3 is 15.4 Å². The van der Waals surface area contributed by atoms with Crippen LogP contribution in [0.4, 0.5) is 21.8 Å². The highest BCUT2D eigenvalue weighted by Gasteiger charge is 2.07. The monoisotopic (exact) mass is 290 g/mol. The molecular weight excluding hydrogens is 271 g/mol. The SMILES string of the molecule is CCCNc1ncc(F)c(Nc2ccc(OCC)cc2)n1. The van der Waals surface area contributed by atoms with Crippen LogP contribution in [0.5, 0.6) is 5.75 Å². The van der Waals surface area contributed by atoms with Crippen molar-refractivity contribution < 1.29 is 9.13 Å². The van der Waals surface area contributed by atoms with Gasteiger partial charge in [0.1, 0.15) is 5.75 Å². The molecule has 0 aliphatic rings. The first kappa shape index (κ1) is 15.0. The van der Waals surface area contributed by atoms with E-state index in [2.05, 4.69) is 20.6 Å². The largest absolute Gasteiger partial charge is 0.494 e. The zero-order valence-corrected chi connectivity index (χ0v) is 12.2. The molecule has 0 saturated heterocycles. The summed E-state index contributed by atoms with van der Waals surface area (Å²) in [5, 5.41) is 5.96. The maximum Gasteiger partial charge on any atom is 0.224 e. The number of hydrogen-bond acceptors (Lipinski definition) is 5. The summed E-state index contributed by atoms with van der Waals surface area (Å²) in [7, 11) is 0. The number of halogens is 1. The second kappa shape index (κ2) is 7.42. The van der Waals surface area contributed by atoms with Crippen LogP contribution in [-0.2, 0) is 0 Å². The summed E-state index contributed by atoms with van der Waals surface area (Å²) in [5.41, 5.74) is 0.734. The summed E-state index contributed by atoms with van der Waals surface area (Å²) < 4.78 is 19.1. The van der Waals surface area contributed by atoms with E-state index in [0.717, 1.165) is 30.6 Å². The van der Waals surface area contributed by atoms with Crippen molar-refractivity contribution >= 4 is 17.5 Å². The van der Waals surface area contributed by atoms with Gasteiger partial charge in [-0.1, -0.05) is 6.92 Å². The van der Waals surface area contributed by atoms with Crippen molar-refractivity contribution in [1.82, 2.24) is 9.97 Å². The molecule has 0 bridgehead atoms. The van der Waals surface area contributed by atoms with Crippen molar-refractivity contribution in [1.29, 1.82) is 0 Å². The summed E-state index contributed by atoms with van der Waals surface area (Å²) >= 11 is 0. The minimum absolute atomic E-state index is 0.146. The third kappa shape index (κ3) is 4.30. The van der Waals surface area contributed by atoms with Gasteiger partial charge in [0.15, 0.2) is 11.6 Å². The average molecular weight is 290 g/mol. The van der Waals surface area contributed by atoms with Gasteiger partial charge in [-0.05, 0) is 37.6 Å². The second-order valence-corrected chi connectivity index (χ2v) is 4.40. The van der Waals surface area contributed by atoms with E-state index < -0.39 is 5.82 Å². The van der Waals surface area contributed by atoms with E-state index in [1.807, 2.05) is 38.1 Å². The van der Waals surface area contributed by atoms with Gasteiger partial charge in [0.25, 0.3) is 0 Å². The van der Waals surface area contributed by atoms with E-state index >= 15 is 0 Å². The van der Waals surface area contributed by atoms with Crippen LogP contribution in [0.15, 0.2) is 30.5 Å². The quantitative estimate of drug-likeness (QED) is 0.816. The van der Waals surface area contributed by atoms with E-state index in [1.165, 1.54) is 0 Å². The number of nitrogens with one attached hydrogen (secondary N) is 2. The lowest BCUT2D eigenvalue weighted by Crippen LogP contribution is -2.07. The molecule has 0 aliphatic heterocycles. The summed E-state index contributed by atoms with van der Waals surface area (Å²) in [6.07, 6.45) is 2.10. The highest BCUT2D eigenvalue weighted by Crippen LogP contribution is 2.21. The van der Waals surface area contributed by atoms with Gasteiger partial charge in [-0.25, -0.2) is 9.37 Å². The van der Waals surface area contributed by atoms with Gasteiger partial charge >= 0.3 is 0 Å². The van der Waals surface area contributed by atoms with Crippen LogP contribution in [-0.4, -0.2) is 23.1 Å². The second-order valence-electron chi connectivity index (χ2n) is 4.40. The Hall–Kier alpha value is -2.37. The van der Waals surface area contributed by atoms with E-state index in [-0.39, 0.29) is 5.82 Å². The van der Waals surface area contributed by atoms with Crippen molar-refractivity contribution in [3.63, 3.8) is 0 Å². The molecule has 0 spiro atoms. The highest BCUT2D eigenvalue weighted by atomic mass is 19.1. The predicted octanol–water partition coefficient (Wildman–Crippen LogP) is 3.58. The number of rotatable bonds is 7. The van der Waals surface area contributed by atoms with Crippen LogP contribution >= 0.6 is 0 Å². The first-order chi connectivity index (χ1) is 10.2. The van der Waals surface area contributed by atoms with Gasteiger partial charge in [0.2, 0.25) is 5.95 Å². The fourth-order valence-corrected chi connectivity index (χ4v) is 1.71. The molecule has 1 heterocycles. The zero-order chi connectivity index (χ0) is 15.1. The average Bonchev–Trinajstić information content (AvgIpc) is 2.50. The molecule has 0 saturated carbocycles. The van der Waals surface area contributed by atoms with E-state index in [9.17, 15) is 4.39 Å². The minimum atomic E-state index is -0.495. The van der Waals surface area contributed by atoms with Crippen molar-refractivity contribution in [3.8, 4) is 5.75 Å². The van der Waals surface area contributed by atoms with Crippen molar-refractivity contribution in [2.24, 2.45) is 0 Å². The van der Waals surface area contributed by atoms with Gasteiger partial charge in [-0.2, -0.15) is 4.98 Å². The van der Waals surface area contributed by atoms with Gasteiger partial charge in [-0.15, -0.1) is 0 Å². The Morgan fingerprint density at radius 2 is 1.95 bits per heavy atom. The lowest BCUT2D eigenvalue weighted by atomic mass is 10.3. The molecule has 0 unspecified atom stereocenters. The first-order valence-corrected chi connectivity index (χ1v) is 6.99. The first-order valence-electron chi connectivity index (χ1n) is 6.99. The Morgan fingerprint density at radius 1 is 1.19 bits per heavy atom. The molecule has 0 radical (unpaired) electrons. The highest BCUT2D eigenvalue weighted by molar-refractivity contribution is 5.58. The maximum atomic E-state index is 13.7. The van der Waals surface area contributed by atoms with E-state index in [0.29, 0.717) is 12.6 Å². The maximum absolute atomic E-state index is 13.7. The molecule has 0 aliphatic carbocycles. The molecule has 1 aromatic heterocycles. The van der Waals surface area contributed by atoms with E-state index in [4.69, 9.17) is 4.74 Å². The lowest BCUT2D eigenvalue weighted by Gasteiger charge is -2.10. The molecular formula is C15H19FN4O. The molecule has 5 nitrogen and oxygen atoms in total. The smallest absolute Gasteiger partial charge is 0.224 e. The summed E-state index contributed by atoms with van der Waals surface area (Å²) in [4.78, 5) is 8.02. The Bertz CT molecular complexity index is 574. The van der Waals surface area contributed by atoms with Gasteiger partial charge in [-0.3, -0.25) is 0 Å². The minimum Gasteiger partial charge on any atom is -0.494 e. The molecule has 1 aromatic carbocycles. The van der Waals surface area contributed by atoms with Crippen LogP contribution in [0.1, 0.15) is 20.3 Å². The third-order valence-corrected chi connectivity index (χ3v) is 2.71. The fourth-order valence-electron chi connectivity index (χ4n) is 1.71. The Balaban J connectivity index is 2.10. The molecule has 0 atom stereocenters. The topological polar surface area (TPSA) is 59.1 Å². The lowest BCUT2D eigenvalue weighted by molar-refractivity contribution is 0.340. The molecule has 2 aromatic rings. The van der Waals surface area contributed by atoms with Gasteiger partial charge in [0.05, 0.1) is 12.8 Å². The Morgan fingerprint density at radius 3 is 2.62 bits per heavy atom. The van der Waals surface area contributed by atoms with Crippen LogP contribution in [0.25, 0.3) is 0 Å². The zero-order valence-electron chi connectivity index (χ0n) is 12.2. The van der Waals surface area contributed by atoms with Gasteiger partial charge in [0, 0.05) is 12.2 Å². The van der Waals surface area contributed by atoms with Crippen LogP contribution in [0.2, 0.25) is 0 Å². The summed E-state index contributed by atoms with van der Waals surface area (Å²) in [6.45, 7) is 5.32. The molecule has 6 heteroatoms. The van der Waals surface area contributed by atoms with Crippen LogP contribution in [0, 0.1) is 5.82 Å². The summed E-state index contributed by atoms with van der Waals surface area (Å²) in [6, 6.07) is 7.26. The molecule has 2 rings (SSSR count). The van der Waals surface area contributed by atoms with Crippen molar-refractivity contribution in [3.05, 3.63) is 36.3 Å². The van der Waals surface area contributed by atoms with E-state index in [1.54, 1.807) is 0 Å². The fraction of sp³-hybridized carbons (Fsp3) is 0.333. The normalized spacial score (nSPS) is 10.2. The number of aromatic nitrogens is 2. The molecule has 112 valence electrons. The number of nitrogens with zero attached hydrogens (tertiary/aromatic N) is 2. The molecule has 0 amide bonds. The number of hydrogen-bond donors (Lipinski definition) is 2. The Kier molecular flexibility index (Phi) is 5.31. The Labute approximate surface area is 123 Å². The molecule has 0 fully saturated rings. The van der Waals surface area contributed by atoms with Crippen molar-refractivity contribution in [2.75, 3.05) is 23.8 Å². The number of benzene rings is 1. The third-order valence-electron chi connectivity index (χ3n) is 2.71. The molecule has 2 N–H and O–H groups in total. The predicted molar refractivity (Wildman–Crippen MR) is 81.7 cm³/mol. The molecule has 21 heavy (non-hydrogen) atoms. The van der Waals surface area contributed by atoms with Crippen molar-refractivity contribution in [2.45, 2.75) is 20.3 Å².